The van der Waals surface area contributed by atoms with E-state index in [4.69, 9.17) is 4.74 Å². The third-order valence-corrected chi connectivity index (χ3v) is 17.2. The van der Waals surface area contributed by atoms with Crippen LogP contribution in [-0.2, 0) is 4.74 Å². The first kappa shape index (κ1) is 16.0. The van der Waals surface area contributed by atoms with E-state index in [1.807, 2.05) is 0 Å². The molecule has 0 spiro atoms. The molecule has 0 aromatic carbocycles. The molecule has 0 N–H and O–H groups in total. The quantitative estimate of drug-likeness (QED) is 0.434. The summed E-state index contributed by atoms with van der Waals surface area (Å²) in [7, 11) is 1.59. The number of hydrogen-bond donors (Lipinski definition) is 0. The SMILES string of the molecule is COC(=O)P(C)(I)(C1CCCCC1)C1CCCCC1. The molecule has 0 bridgehead atoms. The Bertz CT molecular complexity index is 309. The predicted molar refractivity (Wildman–Crippen MR) is 93.0 cm³/mol. The maximum atomic E-state index is 12.8. The summed E-state index contributed by atoms with van der Waals surface area (Å²) in [5.41, 5.74) is 1.40. The van der Waals surface area contributed by atoms with Gasteiger partial charge in [-0.1, -0.05) is 0 Å². The summed E-state index contributed by atoms with van der Waals surface area (Å²) in [6, 6.07) is 0. The zero-order valence-electron chi connectivity index (χ0n) is 12.4. The number of rotatable bonds is 3. The number of carbonyl (C=O) groups excluding carboxylic acids is 1. The molecule has 19 heavy (non-hydrogen) atoms. The van der Waals surface area contributed by atoms with Crippen molar-refractivity contribution in [3.05, 3.63) is 0 Å². The molecule has 0 unspecified atom stereocenters. The molecular formula is C15H28IO2P. The number of halogens is 1. The van der Waals surface area contributed by atoms with E-state index >= 15 is 0 Å². The standard InChI is InChI=1S/C15H28IO2P/c1-18-15(17)19(2,16,13-9-5-3-6-10-13)14-11-7-4-8-12-14/h13-14H,3-12H2,1-2H3. The van der Waals surface area contributed by atoms with Gasteiger partial charge in [0.15, 0.2) is 0 Å². The molecule has 0 atom stereocenters. The first-order valence-electron chi connectivity index (χ1n) is 7.81. The van der Waals surface area contributed by atoms with Gasteiger partial charge in [0, 0.05) is 0 Å². The van der Waals surface area contributed by atoms with Crippen LogP contribution in [0.25, 0.3) is 0 Å². The Balaban J connectivity index is 2.32. The van der Waals surface area contributed by atoms with Crippen LogP contribution >= 0.6 is 26.3 Å². The fourth-order valence-corrected chi connectivity index (χ4v) is 13.1. The Labute approximate surface area is 130 Å². The van der Waals surface area contributed by atoms with Crippen LogP contribution in [0.15, 0.2) is 0 Å². The van der Waals surface area contributed by atoms with Gasteiger partial charge in [0.2, 0.25) is 0 Å². The van der Waals surface area contributed by atoms with Gasteiger partial charge >= 0.3 is 131 Å². The van der Waals surface area contributed by atoms with Gasteiger partial charge in [-0.25, -0.2) is 0 Å². The average molecular weight is 398 g/mol. The third kappa shape index (κ3) is 2.84. The molecule has 0 amide bonds. The molecule has 0 saturated heterocycles. The zero-order chi connectivity index (χ0) is 14.0. The Hall–Kier alpha value is 0.630. The molecule has 2 aliphatic carbocycles. The minimum atomic E-state index is -2.43. The second-order valence-corrected chi connectivity index (χ2v) is 19.4. The Morgan fingerprint density at radius 1 is 0.947 bits per heavy atom. The van der Waals surface area contributed by atoms with Crippen molar-refractivity contribution in [2.24, 2.45) is 0 Å². The van der Waals surface area contributed by atoms with Crippen molar-refractivity contribution in [3.8, 4) is 0 Å². The molecule has 2 aliphatic rings. The van der Waals surface area contributed by atoms with Crippen molar-refractivity contribution in [3.63, 3.8) is 0 Å². The van der Waals surface area contributed by atoms with Crippen LogP contribution in [0, 0.1) is 0 Å². The van der Waals surface area contributed by atoms with Crippen LogP contribution in [0.3, 0.4) is 0 Å². The van der Waals surface area contributed by atoms with Crippen molar-refractivity contribution >= 4 is 32.0 Å². The van der Waals surface area contributed by atoms with Crippen LogP contribution in [0.5, 0.6) is 0 Å². The molecule has 0 heterocycles. The van der Waals surface area contributed by atoms with Gasteiger partial charge in [-0.05, 0) is 0 Å². The molecule has 112 valence electrons. The predicted octanol–water partition coefficient (Wildman–Crippen LogP) is 5.95. The third-order valence-electron chi connectivity index (χ3n) is 5.58. The topological polar surface area (TPSA) is 26.3 Å². The number of carbonyl (C=O) groups is 1. The van der Waals surface area contributed by atoms with Crippen molar-refractivity contribution in [2.45, 2.75) is 75.5 Å². The van der Waals surface area contributed by atoms with Crippen LogP contribution in [0.1, 0.15) is 64.2 Å². The van der Waals surface area contributed by atoms with Gasteiger partial charge < -0.3 is 0 Å². The van der Waals surface area contributed by atoms with E-state index in [1.54, 1.807) is 7.11 Å². The summed E-state index contributed by atoms with van der Waals surface area (Å²) in [6.07, 6.45) is 13.0. The van der Waals surface area contributed by atoms with Gasteiger partial charge in [-0.3, -0.25) is 0 Å². The molecule has 2 rings (SSSR count). The van der Waals surface area contributed by atoms with Crippen LogP contribution in [0.4, 0.5) is 4.79 Å². The number of methoxy groups -OCH3 is 1. The second kappa shape index (κ2) is 6.17. The fraction of sp³-hybridized carbons (Fsp3) is 0.933. The molecule has 0 radical (unpaired) electrons. The molecule has 0 aromatic rings. The molecule has 4 heteroatoms. The summed E-state index contributed by atoms with van der Waals surface area (Å²) < 4.78 is 2.90. The molecule has 2 saturated carbocycles. The summed E-state index contributed by atoms with van der Waals surface area (Å²) in [5, 5.41) is 0. The summed E-state index contributed by atoms with van der Waals surface area (Å²) >= 11 is 2.63. The van der Waals surface area contributed by atoms with Crippen molar-refractivity contribution < 1.29 is 9.53 Å². The van der Waals surface area contributed by atoms with Crippen molar-refractivity contribution in [2.75, 3.05) is 13.8 Å². The van der Waals surface area contributed by atoms with E-state index in [-0.39, 0.29) is 5.71 Å². The summed E-state index contributed by atoms with van der Waals surface area (Å²) in [4.78, 5) is 12.8. The van der Waals surface area contributed by atoms with E-state index in [9.17, 15) is 4.79 Å². The zero-order valence-corrected chi connectivity index (χ0v) is 15.4. The molecular weight excluding hydrogens is 370 g/mol. The van der Waals surface area contributed by atoms with Crippen LogP contribution in [-0.4, -0.2) is 30.8 Å². The molecule has 0 aromatic heterocycles. The Kier molecular flexibility index (Phi) is 5.20. The van der Waals surface area contributed by atoms with Gasteiger partial charge in [-0.15, -0.1) is 0 Å². The van der Waals surface area contributed by atoms with E-state index in [0.29, 0.717) is 11.3 Å². The molecule has 0 aliphatic heterocycles. The van der Waals surface area contributed by atoms with Crippen LogP contribution in [0.2, 0.25) is 0 Å². The van der Waals surface area contributed by atoms with Crippen molar-refractivity contribution in [1.82, 2.24) is 0 Å². The first-order valence-corrected chi connectivity index (χ1v) is 13.4. The maximum absolute atomic E-state index is 12.8. The fourth-order valence-electron chi connectivity index (χ4n) is 4.26. The van der Waals surface area contributed by atoms with Gasteiger partial charge in [0.05, 0.1) is 0 Å². The average Bonchev–Trinajstić information content (AvgIpc) is 2.48. The van der Waals surface area contributed by atoms with Crippen molar-refractivity contribution in [1.29, 1.82) is 0 Å². The number of ether oxygens (including phenoxy) is 1. The first-order chi connectivity index (χ1) is 8.99. The van der Waals surface area contributed by atoms with E-state index in [2.05, 4.69) is 28.7 Å². The monoisotopic (exact) mass is 398 g/mol. The summed E-state index contributed by atoms with van der Waals surface area (Å²) in [6.45, 7) is 2.34. The normalized spacial score (nSPS) is 25.5. The van der Waals surface area contributed by atoms with E-state index in [1.165, 1.54) is 64.2 Å². The second-order valence-electron chi connectivity index (χ2n) is 6.65. The molecule has 2 nitrogen and oxygen atoms in total. The minimum absolute atomic E-state index is 0.158. The summed E-state index contributed by atoms with van der Waals surface area (Å²) in [5.74, 6) is 0. The van der Waals surface area contributed by atoms with Gasteiger partial charge in [0.1, 0.15) is 0 Å². The van der Waals surface area contributed by atoms with Gasteiger partial charge in [0.25, 0.3) is 0 Å². The Morgan fingerprint density at radius 2 is 1.32 bits per heavy atom. The number of hydrogen-bond acceptors (Lipinski definition) is 2. The van der Waals surface area contributed by atoms with E-state index in [0.717, 1.165) is 0 Å². The van der Waals surface area contributed by atoms with E-state index < -0.39 is 4.25 Å². The molecule has 2 fully saturated rings. The van der Waals surface area contributed by atoms with Crippen LogP contribution < -0.4 is 0 Å². The van der Waals surface area contributed by atoms with Gasteiger partial charge in [-0.2, -0.15) is 0 Å². The Morgan fingerprint density at radius 3 is 1.63 bits per heavy atom.